The highest BCUT2D eigenvalue weighted by atomic mass is 16.5. The van der Waals surface area contributed by atoms with E-state index in [1.165, 1.54) is 18.4 Å². The standard InChI is InChI=1S/C13H17NO/c1-15-13-5-3-2-4-11(13)8-12(9-14)10-6-7-10/h2-5,8,10H,6-7,9,14H2,1H3/b12-8+. The summed E-state index contributed by atoms with van der Waals surface area (Å²) in [6, 6.07) is 8.05. The second-order valence-electron chi connectivity index (χ2n) is 3.94. The van der Waals surface area contributed by atoms with Crippen LogP contribution < -0.4 is 10.5 Å². The maximum Gasteiger partial charge on any atom is 0.126 e. The highest BCUT2D eigenvalue weighted by molar-refractivity contribution is 5.60. The summed E-state index contributed by atoms with van der Waals surface area (Å²) in [5.74, 6) is 1.64. The third kappa shape index (κ3) is 2.39. The van der Waals surface area contributed by atoms with Crippen LogP contribution in [0, 0.1) is 5.92 Å². The van der Waals surface area contributed by atoms with Gasteiger partial charge in [0.15, 0.2) is 0 Å². The Morgan fingerprint density at radius 2 is 2.20 bits per heavy atom. The Labute approximate surface area is 90.7 Å². The summed E-state index contributed by atoms with van der Waals surface area (Å²) in [7, 11) is 1.70. The molecule has 2 N–H and O–H groups in total. The number of benzene rings is 1. The molecular weight excluding hydrogens is 186 g/mol. The second-order valence-corrected chi connectivity index (χ2v) is 3.94. The molecule has 0 saturated heterocycles. The predicted molar refractivity (Wildman–Crippen MR) is 62.7 cm³/mol. The predicted octanol–water partition coefficient (Wildman–Crippen LogP) is 2.45. The molecule has 2 rings (SSSR count). The number of hydrogen-bond acceptors (Lipinski definition) is 2. The first-order valence-electron chi connectivity index (χ1n) is 5.38. The molecule has 1 saturated carbocycles. The van der Waals surface area contributed by atoms with E-state index in [2.05, 4.69) is 12.1 Å². The van der Waals surface area contributed by atoms with Gasteiger partial charge < -0.3 is 10.5 Å². The fourth-order valence-electron chi connectivity index (χ4n) is 1.78. The fourth-order valence-corrected chi connectivity index (χ4v) is 1.78. The van der Waals surface area contributed by atoms with Crippen molar-refractivity contribution in [2.75, 3.05) is 13.7 Å². The first-order chi connectivity index (χ1) is 7.35. The maximum atomic E-state index is 5.74. The van der Waals surface area contributed by atoms with E-state index in [1.807, 2.05) is 18.2 Å². The molecule has 2 nitrogen and oxygen atoms in total. The first-order valence-corrected chi connectivity index (χ1v) is 5.38. The smallest absolute Gasteiger partial charge is 0.126 e. The molecular formula is C13H17NO. The lowest BCUT2D eigenvalue weighted by Gasteiger charge is -2.06. The van der Waals surface area contributed by atoms with Crippen molar-refractivity contribution in [3.05, 3.63) is 35.4 Å². The van der Waals surface area contributed by atoms with Crippen LogP contribution in [0.5, 0.6) is 5.75 Å². The minimum absolute atomic E-state index is 0.655. The van der Waals surface area contributed by atoms with E-state index >= 15 is 0 Å². The van der Waals surface area contributed by atoms with Crippen LogP contribution in [0.2, 0.25) is 0 Å². The molecule has 0 radical (unpaired) electrons. The van der Waals surface area contributed by atoms with Crippen LogP contribution in [0.1, 0.15) is 18.4 Å². The molecule has 0 spiro atoms. The van der Waals surface area contributed by atoms with Crippen molar-refractivity contribution in [1.29, 1.82) is 0 Å². The lowest BCUT2D eigenvalue weighted by atomic mass is 10.1. The van der Waals surface area contributed by atoms with Crippen LogP contribution in [0.15, 0.2) is 29.8 Å². The van der Waals surface area contributed by atoms with Gasteiger partial charge in [-0.2, -0.15) is 0 Å². The van der Waals surface area contributed by atoms with Gasteiger partial charge in [-0.05, 0) is 24.8 Å². The monoisotopic (exact) mass is 203 g/mol. The molecule has 0 heterocycles. The maximum absolute atomic E-state index is 5.74. The zero-order valence-electron chi connectivity index (χ0n) is 9.07. The molecule has 0 aliphatic heterocycles. The van der Waals surface area contributed by atoms with Crippen molar-refractivity contribution in [3.8, 4) is 5.75 Å². The summed E-state index contributed by atoms with van der Waals surface area (Å²) >= 11 is 0. The van der Waals surface area contributed by atoms with E-state index in [9.17, 15) is 0 Å². The van der Waals surface area contributed by atoms with Gasteiger partial charge in [-0.15, -0.1) is 0 Å². The van der Waals surface area contributed by atoms with E-state index in [0.717, 1.165) is 17.2 Å². The molecule has 1 fully saturated rings. The molecule has 2 heteroatoms. The Kier molecular flexibility index (Phi) is 3.07. The van der Waals surface area contributed by atoms with Crippen LogP contribution in [0.3, 0.4) is 0 Å². The van der Waals surface area contributed by atoms with Crippen molar-refractivity contribution < 1.29 is 4.74 Å². The lowest BCUT2D eigenvalue weighted by Crippen LogP contribution is -2.04. The van der Waals surface area contributed by atoms with Crippen LogP contribution in [-0.2, 0) is 0 Å². The minimum atomic E-state index is 0.655. The molecule has 15 heavy (non-hydrogen) atoms. The number of methoxy groups -OCH3 is 1. The van der Waals surface area contributed by atoms with Crippen molar-refractivity contribution in [3.63, 3.8) is 0 Å². The van der Waals surface area contributed by atoms with Gasteiger partial charge in [0, 0.05) is 12.1 Å². The Balaban J connectivity index is 2.27. The third-order valence-corrected chi connectivity index (χ3v) is 2.82. The van der Waals surface area contributed by atoms with E-state index in [4.69, 9.17) is 10.5 Å². The van der Waals surface area contributed by atoms with Crippen LogP contribution in [-0.4, -0.2) is 13.7 Å². The van der Waals surface area contributed by atoms with Gasteiger partial charge in [-0.3, -0.25) is 0 Å². The first kappa shape index (κ1) is 10.2. The van der Waals surface area contributed by atoms with Gasteiger partial charge in [-0.1, -0.05) is 29.8 Å². The van der Waals surface area contributed by atoms with Crippen molar-refractivity contribution >= 4 is 6.08 Å². The quantitative estimate of drug-likeness (QED) is 0.815. The summed E-state index contributed by atoms with van der Waals surface area (Å²) in [6.45, 7) is 0.655. The summed E-state index contributed by atoms with van der Waals surface area (Å²) in [6.07, 6.45) is 4.76. The number of ether oxygens (including phenoxy) is 1. The molecule has 1 aromatic carbocycles. The number of hydrogen-bond donors (Lipinski definition) is 1. The highest BCUT2D eigenvalue weighted by Gasteiger charge is 2.24. The average molecular weight is 203 g/mol. The molecule has 0 aromatic heterocycles. The Hall–Kier alpha value is -1.28. The number of nitrogens with two attached hydrogens (primary N) is 1. The zero-order valence-corrected chi connectivity index (χ0v) is 9.07. The van der Waals surface area contributed by atoms with E-state index < -0.39 is 0 Å². The van der Waals surface area contributed by atoms with Crippen LogP contribution >= 0.6 is 0 Å². The molecule has 80 valence electrons. The fraction of sp³-hybridized carbons (Fsp3) is 0.385. The van der Waals surface area contributed by atoms with E-state index in [0.29, 0.717) is 6.54 Å². The average Bonchev–Trinajstić information content (AvgIpc) is 3.10. The molecule has 0 amide bonds. The lowest BCUT2D eigenvalue weighted by molar-refractivity contribution is 0.414. The summed E-state index contributed by atoms with van der Waals surface area (Å²) < 4.78 is 5.31. The highest BCUT2D eigenvalue weighted by Crippen LogP contribution is 2.37. The zero-order chi connectivity index (χ0) is 10.7. The summed E-state index contributed by atoms with van der Waals surface area (Å²) in [5.41, 5.74) is 8.22. The SMILES string of the molecule is COc1ccccc1/C=C(\CN)C1CC1. The summed E-state index contributed by atoms with van der Waals surface area (Å²) in [5, 5.41) is 0. The molecule has 0 bridgehead atoms. The third-order valence-electron chi connectivity index (χ3n) is 2.82. The normalized spacial score (nSPS) is 16.5. The topological polar surface area (TPSA) is 35.2 Å². The molecule has 0 atom stereocenters. The largest absolute Gasteiger partial charge is 0.496 e. The van der Waals surface area contributed by atoms with Crippen molar-refractivity contribution in [2.45, 2.75) is 12.8 Å². The van der Waals surface area contributed by atoms with Crippen LogP contribution in [0.25, 0.3) is 6.08 Å². The van der Waals surface area contributed by atoms with Crippen LogP contribution in [0.4, 0.5) is 0 Å². The van der Waals surface area contributed by atoms with Gasteiger partial charge in [-0.25, -0.2) is 0 Å². The minimum Gasteiger partial charge on any atom is -0.496 e. The Morgan fingerprint density at radius 3 is 2.80 bits per heavy atom. The Bertz CT molecular complexity index is 367. The van der Waals surface area contributed by atoms with Gasteiger partial charge >= 0.3 is 0 Å². The van der Waals surface area contributed by atoms with Gasteiger partial charge in [0.2, 0.25) is 0 Å². The molecule has 1 aromatic rings. The van der Waals surface area contributed by atoms with Gasteiger partial charge in [0.25, 0.3) is 0 Å². The van der Waals surface area contributed by atoms with E-state index in [1.54, 1.807) is 7.11 Å². The molecule has 0 unspecified atom stereocenters. The molecule has 1 aliphatic rings. The number of rotatable bonds is 4. The Morgan fingerprint density at radius 1 is 1.47 bits per heavy atom. The van der Waals surface area contributed by atoms with Gasteiger partial charge in [0.05, 0.1) is 7.11 Å². The summed E-state index contributed by atoms with van der Waals surface area (Å²) in [4.78, 5) is 0. The second kappa shape index (κ2) is 4.49. The molecule has 1 aliphatic carbocycles. The van der Waals surface area contributed by atoms with E-state index in [-0.39, 0.29) is 0 Å². The van der Waals surface area contributed by atoms with Gasteiger partial charge in [0.1, 0.15) is 5.75 Å². The van der Waals surface area contributed by atoms with Crippen molar-refractivity contribution in [1.82, 2.24) is 0 Å². The number of para-hydroxylation sites is 1. The van der Waals surface area contributed by atoms with Crippen molar-refractivity contribution in [2.24, 2.45) is 11.7 Å².